The van der Waals surface area contributed by atoms with Gasteiger partial charge in [0.1, 0.15) is 5.69 Å². The summed E-state index contributed by atoms with van der Waals surface area (Å²) in [6, 6.07) is 12.8. The van der Waals surface area contributed by atoms with E-state index in [1.165, 1.54) is 14.0 Å². The van der Waals surface area contributed by atoms with E-state index in [1.54, 1.807) is 23.8 Å². The van der Waals surface area contributed by atoms with Crippen molar-refractivity contribution in [2.45, 2.75) is 58.7 Å². The summed E-state index contributed by atoms with van der Waals surface area (Å²) in [5.41, 5.74) is 2.41. The number of carbonyl (C=O) groups is 2. The van der Waals surface area contributed by atoms with Crippen LogP contribution in [-0.4, -0.2) is 41.8 Å². The van der Waals surface area contributed by atoms with Crippen molar-refractivity contribution in [2.24, 2.45) is 0 Å². The fourth-order valence-electron chi connectivity index (χ4n) is 3.80. The van der Waals surface area contributed by atoms with Gasteiger partial charge in [-0.1, -0.05) is 31.5 Å². The Hall–Kier alpha value is -3.88. The van der Waals surface area contributed by atoms with Gasteiger partial charge in [-0.25, -0.2) is 4.98 Å². The molecule has 0 fully saturated rings. The minimum absolute atomic E-state index is 0.0539. The molecule has 0 spiro atoms. The molecule has 9 heteroatoms. The molecule has 3 aromatic rings. The summed E-state index contributed by atoms with van der Waals surface area (Å²) >= 11 is 0. The number of para-hydroxylation sites is 2. The predicted molar refractivity (Wildman–Crippen MR) is 136 cm³/mol. The molecule has 1 unspecified atom stereocenters. The second-order valence-electron chi connectivity index (χ2n) is 8.40. The van der Waals surface area contributed by atoms with Gasteiger partial charge in [0.05, 0.1) is 31.7 Å². The molecule has 1 atom stereocenters. The molecular weight excluding hydrogens is 462 g/mol. The second-order valence-corrected chi connectivity index (χ2v) is 8.40. The molecule has 1 amide bonds. The maximum atomic E-state index is 13.0. The number of hydrogen-bond donors (Lipinski definition) is 1. The highest BCUT2D eigenvalue weighted by atomic mass is 16.5. The fourth-order valence-corrected chi connectivity index (χ4v) is 3.80. The number of aryl methyl sites for hydroxylation is 2. The fraction of sp³-hybridized carbons (Fsp3) is 0.407. The topological polar surface area (TPSA) is 109 Å². The van der Waals surface area contributed by atoms with Crippen molar-refractivity contribution in [1.82, 2.24) is 14.9 Å². The Bertz CT molecular complexity index is 1270. The number of hydrogen-bond acceptors (Lipinski definition) is 7. The van der Waals surface area contributed by atoms with Crippen LogP contribution in [0, 0.1) is 0 Å². The molecule has 3 rings (SSSR count). The van der Waals surface area contributed by atoms with Crippen LogP contribution < -0.4 is 20.3 Å². The summed E-state index contributed by atoms with van der Waals surface area (Å²) in [6.07, 6.45) is 0.918. The summed E-state index contributed by atoms with van der Waals surface area (Å²) in [7, 11) is 3.09. The van der Waals surface area contributed by atoms with Crippen LogP contribution in [0.4, 0.5) is 0 Å². The van der Waals surface area contributed by atoms with Gasteiger partial charge >= 0.3 is 5.97 Å². The Morgan fingerprint density at radius 1 is 1.08 bits per heavy atom. The highest BCUT2D eigenvalue weighted by molar-refractivity contribution is 5.83. The summed E-state index contributed by atoms with van der Waals surface area (Å²) in [6.45, 7) is 4.40. The Labute approximate surface area is 210 Å². The van der Waals surface area contributed by atoms with Gasteiger partial charge in [0.15, 0.2) is 17.6 Å². The third-order valence-electron chi connectivity index (χ3n) is 5.81. The van der Waals surface area contributed by atoms with Gasteiger partial charge in [-0.15, -0.1) is 0 Å². The molecule has 0 radical (unpaired) electrons. The van der Waals surface area contributed by atoms with Crippen molar-refractivity contribution in [1.29, 1.82) is 0 Å². The smallest absolute Gasteiger partial charge is 0.306 e. The number of unbranched alkanes of at least 4 members (excludes halogenated alkanes) is 1. The lowest BCUT2D eigenvalue weighted by atomic mass is 10.2. The first-order chi connectivity index (χ1) is 17.4. The van der Waals surface area contributed by atoms with Crippen molar-refractivity contribution in [3.8, 4) is 11.5 Å². The van der Waals surface area contributed by atoms with E-state index >= 15 is 0 Å². The average molecular weight is 496 g/mol. The van der Waals surface area contributed by atoms with Gasteiger partial charge < -0.3 is 24.1 Å². The number of rotatable bonds is 12. The molecule has 0 aliphatic heterocycles. The standard InChI is InChI=1S/C27H33N3O6/c1-5-6-15-30-22-10-8-7-9-20(22)29-21(27(30)33)12-14-25(31)36-18(2)26(32)28-17-19-11-13-23(34-3)24(16-19)35-4/h7-11,13,16,18H,5-6,12,14-15,17H2,1-4H3,(H,28,32). The number of ether oxygens (including phenoxy) is 3. The van der Waals surface area contributed by atoms with Gasteiger partial charge in [0, 0.05) is 19.5 Å². The number of esters is 1. The Balaban J connectivity index is 1.57. The van der Waals surface area contributed by atoms with Crippen LogP contribution in [0.1, 0.15) is 44.4 Å². The lowest BCUT2D eigenvalue weighted by Gasteiger charge is -2.15. The van der Waals surface area contributed by atoms with Crippen molar-refractivity contribution in [3.63, 3.8) is 0 Å². The molecular formula is C27H33N3O6. The number of carbonyl (C=O) groups excluding carboxylic acids is 2. The largest absolute Gasteiger partial charge is 0.493 e. The highest BCUT2D eigenvalue weighted by Gasteiger charge is 2.19. The number of aromatic nitrogens is 2. The number of nitrogens with one attached hydrogen (secondary N) is 1. The van der Waals surface area contributed by atoms with E-state index in [4.69, 9.17) is 14.2 Å². The normalized spacial score (nSPS) is 11.7. The van der Waals surface area contributed by atoms with E-state index in [0.717, 1.165) is 23.9 Å². The zero-order valence-corrected chi connectivity index (χ0v) is 21.2. The van der Waals surface area contributed by atoms with Crippen LogP contribution in [0.3, 0.4) is 0 Å². The number of fused-ring (bicyclic) bond motifs is 1. The van der Waals surface area contributed by atoms with Crippen molar-refractivity contribution >= 4 is 22.9 Å². The maximum absolute atomic E-state index is 13.0. The third kappa shape index (κ3) is 6.62. The van der Waals surface area contributed by atoms with Gasteiger partial charge in [-0.2, -0.15) is 0 Å². The minimum atomic E-state index is -0.983. The number of nitrogens with zero attached hydrogens (tertiary/aromatic N) is 2. The summed E-state index contributed by atoms with van der Waals surface area (Å²) in [5, 5.41) is 2.74. The summed E-state index contributed by atoms with van der Waals surface area (Å²) in [5.74, 6) is 0.148. The lowest BCUT2D eigenvalue weighted by molar-refractivity contribution is -0.154. The highest BCUT2D eigenvalue weighted by Crippen LogP contribution is 2.27. The maximum Gasteiger partial charge on any atom is 0.306 e. The van der Waals surface area contributed by atoms with Crippen LogP contribution in [-0.2, 0) is 33.8 Å². The van der Waals surface area contributed by atoms with Crippen molar-refractivity contribution in [3.05, 3.63) is 64.1 Å². The monoisotopic (exact) mass is 495 g/mol. The first-order valence-electron chi connectivity index (χ1n) is 12.0. The first-order valence-corrected chi connectivity index (χ1v) is 12.0. The zero-order valence-electron chi connectivity index (χ0n) is 21.2. The molecule has 9 nitrogen and oxygen atoms in total. The Morgan fingerprint density at radius 3 is 2.56 bits per heavy atom. The van der Waals surface area contributed by atoms with E-state index in [9.17, 15) is 14.4 Å². The first kappa shape index (κ1) is 26.7. The van der Waals surface area contributed by atoms with Gasteiger partial charge in [0.2, 0.25) is 0 Å². The van der Waals surface area contributed by atoms with Crippen LogP contribution in [0.5, 0.6) is 11.5 Å². The molecule has 1 aromatic heterocycles. The summed E-state index contributed by atoms with van der Waals surface area (Å²) < 4.78 is 17.5. The SMILES string of the molecule is CCCCn1c(=O)c(CCC(=O)OC(C)C(=O)NCc2ccc(OC)c(OC)c2)nc2ccccc21. The summed E-state index contributed by atoms with van der Waals surface area (Å²) in [4.78, 5) is 42.3. The van der Waals surface area contributed by atoms with Gasteiger partial charge in [-0.3, -0.25) is 14.4 Å². The van der Waals surface area contributed by atoms with Crippen molar-refractivity contribution in [2.75, 3.05) is 14.2 Å². The molecule has 0 aliphatic carbocycles. The molecule has 0 aliphatic rings. The van der Waals surface area contributed by atoms with Crippen LogP contribution >= 0.6 is 0 Å². The number of methoxy groups -OCH3 is 2. The average Bonchev–Trinajstić information content (AvgIpc) is 2.89. The zero-order chi connectivity index (χ0) is 26.1. The van der Waals surface area contributed by atoms with Crippen LogP contribution in [0.2, 0.25) is 0 Å². The molecule has 2 aromatic carbocycles. The molecule has 192 valence electrons. The Kier molecular flexibility index (Phi) is 9.44. The quantitative estimate of drug-likeness (QED) is 0.384. The van der Waals surface area contributed by atoms with Crippen LogP contribution in [0.25, 0.3) is 11.0 Å². The Morgan fingerprint density at radius 2 is 1.83 bits per heavy atom. The molecule has 0 saturated carbocycles. The molecule has 36 heavy (non-hydrogen) atoms. The van der Waals surface area contributed by atoms with E-state index in [2.05, 4.69) is 17.2 Å². The van der Waals surface area contributed by atoms with Gasteiger partial charge in [-0.05, 0) is 43.2 Å². The molecule has 0 bridgehead atoms. The number of amides is 1. The predicted octanol–water partition coefficient (Wildman–Crippen LogP) is 3.39. The minimum Gasteiger partial charge on any atom is -0.493 e. The second kappa shape index (κ2) is 12.7. The molecule has 0 saturated heterocycles. The van der Waals surface area contributed by atoms with E-state index in [-0.39, 0.29) is 24.9 Å². The van der Waals surface area contributed by atoms with Crippen molar-refractivity contribution < 1.29 is 23.8 Å². The molecule has 1 heterocycles. The lowest BCUT2D eigenvalue weighted by Crippen LogP contribution is -2.35. The van der Waals surface area contributed by atoms with E-state index in [1.807, 2.05) is 30.3 Å². The van der Waals surface area contributed by atoms with E-state index < -0.39 is 18.0 Å². The number of benzene rings is 2. The van der Waals surface area contributed by atoms with E-state index in [0.29, 0.717) is 29.3 Å². The molecule has 1 N–H and O–H groups in total. The van der Waals surface area contributed by atoms with Gasteiger partial charge in [0.25, 0.3) is 11.5 Å². The third-order valence-corrected chi connectivity index (χ3v) is 5.81. The van der Waals surface area contributed by atoms with Crippen LogP contribution in [0.15, 0.2) is 47.3 Å².